The van der Waals surface area contributed by atoms with Crippen molar-refractivity contribution in [2.75, 3.05) is 0 Å². The van der Waals surface area contributed by atoms with Crippen LogP contribution in [0, 0.1) is 10.8 Å². The molecule has 17 heavy (non-hydrogen) atoms. The maximum absolute atomic E-state index is 5.98. The number of ether oxygens (including phenoxy) is 1. The summed E-state index contributed by atoms with van der Waals surface area (Å²) in [5.41, 5.74) is -0.360. The Morgan fingerprint density at radius 1 is 0.647 bits per heavy atom. The lowest BCUT2D eigenvalue weighted by molar-refractivity contribution is -0.0936. The molecule has 0 fully saturated rings. The Morgan fingerprint density at radius 2 is 0.882 bits per heavy atom. The summed E-state index contributed by atoms with van der Waals surface area (Å²) < 4.78 is 5.97. The molecule has 0 aliphatic rings. The maximum Gasteiger partial charge on any atom is 0.134 e. The van der Waals surface area contributed by atoms with Crippen LogP contribution in [-0.2, 0) is 4.74 Å². The molecule has 0 heterocycles. The van der Waals surface area contributed by atoms with Gasteiger partial charge in [0.2, 0.25) is 0 Å². The normalized spacial score (nSPS) is 17.6. The van der Waals surface area contributed by atoms with Gasteiger partial charge in [-0.2, -0.15) is 0 Å². The van der Waals surface area contributed by atoms with Gasteiger partial charge in [-0.3, -0.25) is 0 Å². The topological polar surface area (TPSA) is 9.23 Å². The molecule has 0 aromatic heterocycles. The van der Waals surface area contributed by atoms with Gasteiger partial charge in [0.15, 0.2) is 0 Å². The van der Waals surface area contributed by atoms with E-state index in [0.29, 0.717) is 0 Å². The van der Waals surface area contributed by atoms with Gasteiger partial charge in [0, 0.05) is 0 Å². The van der Waals surface area contributed by atoms with Crippen molar-refractivity contribution in [1.82, 2.24) is 0 Å². The van der Waals surface area contributed by atoms with Crippen molar-refractivity contribution >= 4 is 46.4 Å². The Balaban J connectivity index is 4.96. The van der Waals surface area contributed by atoms with Crippen LogP contribution in [0.2, 0.25) is 0 Å². The van der Waals surface area contributed by atoms with Gasteiger partial charge in [0.1, 0.15) is 9.67 Å². The molecule has 104 valence electrons. The van der Waals surface area contributed by atoms with Crippen LogP contribution in [0.4, 0.5) is 0 Å². The predicted octanol–water partition coefficient (Wildman–Crippen LogP) is 5.44. The molecule has 0 aromatic rings. The molecule has 0 amide bonds. The zero-order chi connectivity index (χ0) is 14.0. The smallest absolute Gasteiger partial charge is 0.134 e. The SMILES string of the molecule is CC(C)(C)C(OC(C(Cl)Cl)C(C)(C)C)C(Cl)Cl. The third-order valence-electron chi connectivity index (χ3n) is 2.46. The summed E-state index contributed by atoms with van der Waals surface area (Å²) in [6.45, 7) is 12.1. The molecule has 0 spiro atoms. The maximum atomic E-state index is 5.98. The lowest BCUT2D eigenvalue weighted by Crippen LogP contribution is -2.44. The van der Waals surface area contributed by atoms with E-state index in [1.165, 1.54) is 0 Å². The molecule has 0 radical (unpaired) electrons. The molecule has 0 aliphatic carbocycles. The number of halogens is 4. The van der Waals surface area contributed by atoms with Crippen molar-refractivity contribution in [2.45, 2.75) is 63.4 Å². The van der Waals surface area contributed by atoms with Crippen LogP contribution < -0.4 is 0 Å². The van der Waals surface area contributed by atoms with Gasteiger partial charge in [-0.15, -0.1) is 46.4 Å². The van der Waals surface area contributed by atoms with E-state index < -0.39 is 9.67 Å². The van der Waals surface area contributed by atoms with Crippen molar-refractivity contribution in [2.24, 2.45) is 10.8 Å². The molecular formula is C12H22Cl4O. The summed E-state index contributed by atoms with van der Waals surface area (Å²) in [5, 5.41) is 0. The minimum absolute atomic E-state index is 0.180. The van der Waals surface area contributed by atoms with E-state index in [2.05, 4.69) is 0 Å². The van der Waals surface area contributed by atoms with E-state index in [4.69, 9.17) is 51.1 Å². The lowest BCUT2D eigenvalue weighted by atomic mass is 9.87. The second-order valence-corrected chi connectivity index (χ2v) is 8.71. The second kappa shape index (κ2) is 6.52. The van der Waals surface area contributed by atoms with Crippen LogP contribution in [0.25, 0.3) is 0 Å². The summed E-state index contributed by atoms with van der Waals surface area (Å²) in [4.78, 5) is -1.24. The number of hydrogen-bond donors (Lipinski definition) is 0. The minimum Gasteiger partial charge on any atom is -0.368 e. The minimum atomic E-state index is -0.619. The van der Waals surface area contributed by atoms with E-state index in [9.17, 15) is 0 Å². The van der Waals surface area contributed by atoms with Gasteiger partial charge in [0.05, 0.1) is 12.2 Å². The van der Waals surface area contributed by atoms with Gasteiger partial charge in [-0.25, -0.2) is 0 Å². The molecule has 0 rings (SSSR count). The monoisotopic (exact) mass is 322 g/mol. The van der Waals surface area contributed by atoms with E-state index >= 15 is 0 Å². The molecule has 0 aromatic carbocycles. The average Bonchev–Trinajstić information content (AvgIpc) is 1.96. The zero-order valence-electron chi connectivity index (χ0n) is 11.2. The van der Waals surface area contributed by atoms with E-state index in [1.54, 1.807) is 0 Å². The highest BCUT2D eigenvalue weighted by molar-refractivity contribution is 6.45. The van der Waals surface area contributed by atoms with Crippen LogP contribution in [0.15, 0.2) is 0 Å². The molecule has 2 unspecified atom stereocenters. The predicted molar refractivity (Wildman–Crippen MR) is 78.6 cm³/mol. The fraction of sp³-hybridized carbons (Fsp3) is 1.00. The Kier molecular flexibility index (Phi) is 6.95. The van der Waals surface area contributed by atoms with Gasteiger partial charge in [0.25, 0.3) is 0 Å². The van der Waals surface area contributed by atoms with Crippen molar-refractivity contribution in [3.8, 4) is 0 Å². The van der Waals surface area contributed by atoms with Crippen molar-refractivity contribution < 1.29 is 4.74 Å². The molecule has 0 saturated heterocycles. The van der Waals surface area contributed by atoms with Crippen LogP contribution in [0.5, 0.6) is 0 Å². The number of rotatable bonds is 4. The largest absolute Gasteiger partial charge is 0.368 e. The fourth-order valence-corrected chi connectivity index (χ4v) is 3.19. The van der Waals surface area contributed by atoms with Crippen molar-refractivity contribution in [1.29, 1.82) is 0 Å². The van der Waals surface area contributed by atoms with E-state index in [1.807, 2.05) is 41.5 Å². The zero-order valence-corrected chi connectivity index (χ0v) is 14.3. The van der Waals surface area contributed by atoms with Crippen molar-refractivity contribution in [3.63, 3.8) is 0 Å². The van der Waals surface area contributed by atoms with Crippen LogP contribution in [0.1, 0.15) is 41.5 Å². The lowest BCUT2D eigenvalue weighted by Gasteiger charge is -2.40. The van der Waals surface area contributed by atoms with Crippen LogP contribution in [0.3, 0.4) is 0 Å². The third-order valence-corrected chi connectivity index (χ3v) is 3.37. The van der Waals surface area contributed by atoms with E-state index in [-0.39, 0.29) is 23.0 Å². The molecule has 0 aliphatic heterocycles. The highest BCUT2D eigenvalue weighted by Gasteiger charge is 2.39. The van der Waals surface area contributed by atoms with Crippen LogP contribution >= 0.6 is 46.4 Å². The van der Waals surface area contributed by atoms with Gasteiger partial charge < -0.3 is 4.74 Å². The number of hydrogen-bond acceptors (Lipinski definition) is 1. The summed E-state index contributed by atoms with van der Waals surface area (Å²) in [5.74, 6) is 0. The second-order valence-electron chi connectivity index (χ2n) is 6.38. The Hall–Kier alpha value is 1.12. The number of alkyl halides is 4. The Labute approximate surface area is 125 Å². The molecular weight excluding hydrogens is 302 g/mol. The summed E-state index contributed by atoms with van der Waals surface area (Å²) in [7, 11) is 0. The first-order valence-corrected chi connectivity index (χ1v) is 7.33. The van der Waals surface area contributed by atoms with Crippen molar-refractivity contribution in [3.05, 3.63) is 0 Å². The molecule has 0 saturated carbocycles. The Morgan fingerprint density at radius 3 is 1.00 bits per heavy atom. The Bertz CT molecular complexity index is 204. The summed E-state index contributed by atoms with van der Waals surface area (Å²) >= 11 is 23.9. The molecule has 1 nitrogen and oxygen atoms in total. The summed E-state index contributed by atoms with van der Waals surface area (Å²) in [6, 6.07) is 0. The third kappa shape index (κ3) is 6.20. The standard InChI is InChI=1S/C12H22Cl4O/c1-11(2,3)7(9(13)14)17-8(10(15)16)12(4,5)6/h7-10H,1-6H3. The quantitative estimate of drug-likeness (QED) is 0.626. The molecule has 2 atom stereocenters. The fourth-order valence-electron chi connectivity index (χ4n) is 1.44. The summed E-state index contributed by atoms with van der Waals surface area (Å²) in [6.07, 6.45) is -0.648. The average molecular weight is 324 g/mol. The first kappa shape index (κ1) is 18.1. The molecule has 0 N–H and O–H groups in total. The first-order chi connectivity index (χ1) is 7.37. The van der Waals surface area contributed by atoms with Crippen LogP contribution in [-0.4, -0.2) is 21.9 Å². The highest BCUT2D eigenvalue weighted by atomic mass is 35.5. The van der Waals surface area contributed by atoms with E-state index in [0.717, 1.165) is 0 Å². The van der Waals surface area contributed by atoms with Gasteiger partial charge in [-0.1, -0.05) is 41.5 Å². The highest BCUT2D eigenvalue weighted by Crippen LogP contribution is 2.37. The van der Waals surface area contributed by atoms with Gasteiger partial charge >= 0.3 is 0 Å². The molecule has 0 bridgehead atoms. The molecule has 5 heteroatoms. The van der Waals surface area contributed by atoms with Gasteiger partial charge in [-0.05, 0) is 10.8 Å². The first-order valence-electron chi connectivity index (χ1n) is 5.59.